The molecule has 258 valence electrons. The largest absolute Gasteiger partial charge is 0.504 e. The topological polar surface area (TPSA) is 251 Å². The fourth-order valence-corrected chi connectivity index (χ4v) is 4.94. The summed E-state index contributed by atoms with van der Waals surface area (Å²) in [6, 6.07) is 7.94. The molecule has 2 fully saturated rings. The molecule has 2 aliphatic heterocycles. The van der Waals surface area contributed by atoms with Crippen LogP contribution in [0.4, 0.5) is 0 Å². The summed E-state index contributed by atoms with van der Waals surface area (Å²) in [5.74, 6) is -3.18. The maximum Gasteiger partial charge on any atom is 0.331 e. The molecule has 2 saturated heterocycles. The normalized spacial score (nSPS) is 31.0. The molecule has 2 aromatic carbocycles. The molecule has 0 bridgehead atoms. The van der Waals surface area contributed by atoms with Crippen molar-refractivity contribution >= 4 is 18.0 Å². The Hall–Kier alpha value is -4.00. The molecule has 0 amide bonds. The summed E-state index contributed by atoms with van der Waals surface area (Å²) in [5.41, 5.74) is 0.882. The highest BCUT2D eigenvalue weighted by Crippen LogP contribution is 2.32. The third kappa shape index (κ3) is 9.09. The number of hydrogen-bond acceptors (Lipinski definition) is 16. The van der Waals surface area contributed by atoms with Crippen LogP contribution in [0.2, 0.25) is 0 Å². The quantitative estimate of drug-likeness (QED) is 0.0859. The van der Waals surface area contributed by atoms with Gasteiger partial charge in [-0.3, -0.25) is 4.79 Å². The van der Waals surface area contributed by atoms with E-state index in [9.17, 15) is 50.4 Å². The molecular formula is C31H38O16. The van der Waals surface area contributed by atoms with Gasteiger partial charge in [-0.2, -0.15) is 0 Å². The van der Waals surface area contributed by atoms with Crippen molar-refractivity contribution in [1.29, 1.82) is 0 Å². The van der Waals surface area contributed by atoms with Gasteiger partial charge >= 0.3 is 11.9 Å². The molecule has 4 rings (SSSR count). The van der Waals surface area contributed by atoms with Crippen molar-refractivity contribution in [2.75, 3.05) is 13.2 Å². The number of phenols is 4. The summed E-state index contributed by atoms with van der Waals surface area (Å²) < 4.78 is 33.8. The van der Waals surface area contributed by atoms with Crippen molar-refractivity contribution in [2.45, 2.75) is 81.7 Å². The molecule has 0 radical (unpaired) electrons. The van der Waals surface area contributed by atoms with Gasteiger partial charge in [-0.25, -0.2) is 4.79 Å². The monoisotopic (exact) mass is 666 g/mol. The lowest BCUT2D eigenvalue weighted by atomic mass is 9.97. The van der Waals surface area contributed by atoms with Gasteiger partial charge in [0.05, 0.1) is 12.7 Å². The molecule has 8 N–H and O–H groups in total. The van der Waals surface area contributed by atoms with Crippen LogP contribution in [0.1, 0.15) is 25.0 Å². The number of aliphatic hydroxyl groups is 4. The lowest BCUT2D eigenvalue weighted by Crippen LogP contribution is -2.65. The van der Waals surface area contributed by atoms with Crippen LogP contribution in [0.15, 0.2) is 42.5 Å². The number of carbonyl (C=O) groups excluding carboxylic acids is 2. The van der Waals surface area contributed by atoms with Gasteiger partial charge in [0.25, 0.3) is 0 Å². The summed E-state index contributed by atoms with van der Waals surface area (Å²) in [7, 11) is 0. The first-order chi connectivity index (χ1) is 22.2. The van der Waals surface area contributed by atoms with Gasteiger partial charge in [-0.1, -0.05) is 12.1 Å². The van der Waals surface area contributed by atoms with E-state index in [1.54, 1.807) is 0 Å². The molecule has 0 aliphatic carbocycles. The van der Waals surface area contributed by atoms with Crippen molar-refractivity contribution in [3.05, 3.63) is 53.6 Å². The van der Waals surface area contributed by atoms with Gasteiger partial charge < -0.3 is 69.3 Å². The Morgan fingerprint density at radius 2 is 1.49 bits per heavy atom. The van der Waals surface area contributed by atoms with E-state index in [0.29, 0.717) is 11.1 Å². The van der Waals surface area contributed by atoms with Gasteiger partial charge in [0, 0.05) is 13.0 Å². The Morgan fingerprint density at radius 3 is 2.15 bits per heavy atom. The number of aromatic hydroxyl groups is 4. The van der Waals surface area contributed by atoms with Crippen molar-refractivity contribution in [2.24, 2.45) is 0 Å². The fraction of sp³-hybridized carbons (Fsp3) is 0.484. The lowest BCUT2D eigenvalue weighted by Gasteiger charge is -2.46. The van der Waals surface area contributed by atoms with Crippen LogP contribution in [-0.4, -0.2) is 127 Å². The highest BCUT2D eigenvalue weighted by molar-refractivity contribution is 5.87. The second-order valence-corrected chi connectivity index (χ2v) is 11.0. The SMILES string of the molecule is CC(=O)OC[C@@H]1O[C@H](OCCc2ccc(O)c(O)c2)[C@@H](O)[C@H](O[C@H]2O[C@H](C)[C@@H](O)[C@H](O)[C@@H]2O)[C@H]1OC(=O)/C=C/c1ccc(O)c(O)c1. The molecule has 47 heavy (non-hydrogen) atoms. The van der Waals surface area contributed by atoms with Crippen molar-refractivity contribution < 1.29 is 78.9 Å². The van der Waals surface area contributed by atoms with E-state index in [1.807, 2.05) is 0 Å². The zero-order valence-corrected chi connectivity index (χ0v) is 25.4. The maximum atomic E-state index is 13.0. The molecule has 0 saturated carbocycles. The van der Waals surface area contributed by atoms with Crippen LogP contribution in [0.3, 0.4) is 0 Å². The minimum Gasteiger partial charge on any atom is -0.504 e. The van der Waals surface area contributed by atoms with Crippen LogP contribution >= 0.6 is 0 Å². The molecule has 2 aliphatic rings. The van der Waals surface area contributed by atoms with E-state index in [4.69, 9.17) is 28.4 Å². The van der Waals surface area contributed by atoms with Crippen molar-refractivity contribution in [3.63, 3.8) is 0 Å². The Balaban J connectivity index is 1.58. The number of esters is 2. The Labute approximate surface area is 268 Å². The molecule has 2 aromatic rings. The minimum atomic E-state index is -1.80. The molecular weight excluding hydrogens is 628 g/mol. The first-order valence-corrected chi connectivity index (χ1v) is 14.6. The minimum absolute atomic E-state index is 0.101. The summed E-state index contributed by atoms with van der Waals surface area (Å²) in [6.07, 6.45) is -12.9. The standard InChI is InChI=1S/C31H38O16/c1-14-24(38)25(39)26(40)31(44-14)47-29-27(41)30(42-10-9-17-4-7-19(34)21(36)12-17)45-22(13-43-15(2)32)28(29)46-23(37)8-5-16-3-6-18(33)20(35)11-16/h3-8,11-12,14,22,24-31,33-36,38-41H,9-10,13H2,1-2H3/b8-5+/t14-,22+,24-,25+,26+,27+,28+,29+,30+,31-/m1/s1. The first kappa shape index (κ1) is 35.8. The number of rotatable bonds is 11. The number of hydrogen-bond donors (Lipinski definition) is 8. The van der Waals surface area contributed by atoms with Gasteiger partial charge in [-0.05, 0) is 54.8 Å². The van der Waals surface area contributed by atoms with E-state index in [1.165, 1.54) is 49.4 Å². The lowest BCUT2D eigenvalue weighted by molar-refractivity contribution is -0.357. The van der Waals surface area contributed by atoms with Crippen LogP contribution in [0, 0.1) is 0 Å². The van der Waals surface area contributed by atoms with E-state index < -0.39 is 85.7 Å². The van der Waals surface area contributed by atoms with E-state index >= 15 is 0 Å². The Bertz CT molecular complexity index is 1410. The molecule has 0 aromatic heterocycles. The molecule has 0 spiro atoms. The van der Waals surface area contributed by atoms with Gasteiger partial charge in [0.1, 0.15) is 43.2 Å². The predicted octanol–water partition coefficient (Wildman–Crippen LogP) is -0.445. The summed E-state index contributed by atoms with van der Waals surface area (Å²) >= 11 is 0. The van der Waals surface area contributed by atoms with Crippen molar-refractivity contribution in [3.8, 4) is 23.0 Å². The maximum absolute atomic E-state index is 13.0. The fourth-order valence-electron chi connectivity index (χ4n) is 4.94. The van der Waals surface area contributed by atoms with Gasteiger partial charge in [-0.15, -0.1) is 0 Å². The molecule has 0 unspecified atom stereocenters. The average Bonchev–Trinajstić information content (AvgIpc) is 3.02. The van der Waals surface area contributed by atoms with Crippen LogP contribution < -0.4 is 0 Å². The van der Waals surface area contributed by atoms with Crippen LogP contribution in [-0.2, 0) is 44.4 Å². The summed E-state index contributed by atoms with van der Waals surface area (Å²) in [4.78, 5) is 24.7. The van der Waals surface area contributed by atoms with E-state index in [0.717, 1.165) is 13.0 Å². The molecule has 16 heteroatoms. The van der Waals surface area contributed by atoms with Crippen LogP contribution in [0.5, 0.6) is 23.0 Å². The smallest absolute Gasteiger partial charge is 0.331 e. The van der Waals surface area contributed by atoms with Crippen LogP contribution in [0.25, 0.3) is 6.08 Å². The summed E-state index contributed by atoms with van der Waals surface area (Å²) in [6.45, 7) is 1.93. The first-order valence-electron chi connectivity index (χ1n) is 14.6. The summed E-state index contributed by atoms with van der Waals surface area (Å²) in [5, 5.41) is 81.0. The Kier molecular flexibility index (Phi) is 12.0. The average molecular weight is 667 g/mol. The number of phenolic OH excluding ortho intramolecular Hbond substituents is 4. The third-order valence-corrected chi connectivity index (χ3v) is 7.54. The zero-order valence-electron chi connectivity index (χ0n) is 25.4. The zero-order chi connectivity index (χ0) is 34.4. The number of aliphatic hydroxyl groups excluding tert-OH is 4. The highest BCUT2D eigenvalue weighted by Gasteiger charge is 2.52. The third-order valence-electron chi connectivity index (χ3n) is 7.54. The van der Waals surface area contributed by atoms with E-state index in [-0.39, 0.29) is 30.3 Å². The second-order valence-electron chi connectivity index (χ2n) is 11.0. The highest BCUT2D eigenvalue weighted by atomic mass is 16.7. The van der Waals surface area contributed by atoms with Gasteiger partial charge in [0.15, 0.2) is 41.7 Å². The molecule has 10 atom stereocenters. The number of benzene rings is 2. The number of ether oxygens (including phenoxy) is 6. The molecule has 16 nitrogen and oxygen atoms in total. The van der Waals surface area contributed by atoms with Gasteiger partial charge in [0.2, 0.25) is 0 Å². The predicted molar refractivity (Wildman–Crippen MR) is 157 cm³/mol. The Morgan fingerprint density at radius 1 is 0.809 bits per heavy atom. The van der Waals surface area contributed by atoms with Crippen molar-refractivity contribution in [1.82, 2.24) is 0 Å². The van der Waals surface area contributed by atoms with E-state index in [2.05, 4.69) is 0 Å². The molecule has 2 heterocycles. The number of carbonyl (C=O) groups is 2. The second kappa shape index (κ2) is 15.7.